The quantitative estimate of drug-likeness (QED) is 0.148. The second kappa shape index (κ2) is 13.2. The summed E-state index contributed by atoms with van der Waals surface area (Å²) in [6, 6.07) is 12.2. The molecule has 38 heavy (non-hydrogen) atoms. The lowest BCUT2D eigenvalue weighted by atomic mass is 10.1. The average molecular weight is 680 g/mol. The van der Waals surface area contributed by atoms with Gasteiger partial charge in [-0.15, -0.1) is 0 Å². The number of alkyl halides is 3. The molecule has 0 saturated heterocycles. The van der Waals surface area contributed by atoms with E-state index in [9.17, 15) is 22.8 Å². The molecule has 0 unspecified atom stereocenters. The van der Waals surface area contributed by atoms with E-state index in [1.807, 2.05) is 22.6 Å². The average Bonchev–Trinajstić information content (AvgIpc) is 2.85. The van der Waals surface area contributed by atoms with Gasteiger partial charge in [0.1, 0.15) is 0 Å². The summed E-state index contributed by atoms with van der Waals surface area (Å²) in [5.74, 6) is -0.857. The van der Waals surface area contributed by atoms with E-state index >= 15 is 0 Å². The van der Waals surface area contributed by atoms with Crippen molar-refractivity contribution in [1.29, 1.82) is 0 Å². The van der Waals surface area contributed by atoms with Gasteiger partial charge < -0.3 is 14.8 Å². The van der Waals surface area contributed by atoms with Crippen LogP contribution in [0.2, 0.25) is 10.0 Å². The van der Waals surface area contributed by atoms with Crippen LogP contribution in [0.3, 0.4) is 0 Å². The molecule has 3 rings (SSSR count). The van der Waals surface area contributed by atoms with Crippen LogP contribution in [0.4, 0.5) is 18.9 Å². The fraction of sp³-hybridized carbons (Fsp3) is 0.160. The van der Waals surface area contributed by atoms with Crippen molar-refractivity contribution >= 4 is 69.5 Å². The molecule has 0 aliphatic rings. The van der Waals surface area contributed by atoms with Crippen molar-refractivity contribution in [1.82, 2.24) is 5.43 Å². The Balaban J connectivity index is 1.69. The summed E-state index contributed by atoms with van der Waals surface area (Å²) < 4.78 is 51.4. The number of anilines is 1. The predicted octanol–water partition coefficient (Wildman–Crippen LogP) is 6.80. The van der Waals surface area contributed by atoms with Crippen LogP contribution in [-0.4, -0.2) is 31.2 Å². The van der Waals surface area contributed by atoms with Crippen molar-refractivity contribution in [3.63, 3.8) is 0 Å². The van der Waals surface area contributed by atoms with Crippen LogP contribution in [0.1, 0.15) is 28.4 Å². The lowest BCUT2D eigenvalue weighted by Gasteiger charge is -2.15. The van der Waals surface area contributed by atoms with Crippen molar-refractivity contribution in [3.05, 3.63) is 84.9 Å². The first-order chi connectivity index (χ1) is 18.0. The van der Waals surface area contributed by atoms with Gasteiger partial charge in [-0.05, 0) is 77.5 Å². The molecule has 0 saturated carbocycles. The number of carbonyl (C=O) groups excluding carboxylic acids is 2. The Morgan fingerprint density at radius 1 is 1.05 bits per heavy atom. The van der Waals surface area contributed by atoms with Crippen molar-refractivity contribution in [3.8, 4) is 11.5 Å². The highest BCUT2D eigenvalue weighted by atomic mass is 127. The Hall–Kier alpha value is -3.03. The van der Waals surface area contributed by atoms with Gasteiger partial charge in [0.05, 0.1) is 37.6 Å². The van der Waals surface area contributed by atoms with Crippen LogP contribution in [0, 0.1) is 3.57 Å². The van der Waals surface area contributed by atoms with E-state index in [1.54, 1.807) is 31.2 Å². The van der Waals surface area contributed by atoms with E-state index < -0.39 is 29.1 Å². The predicted molar refractivity (Wildman–Crippen MR) is 147 cm³/mol. The van der Waals surface area contributed by atoms with Crippen LogP contribution in [-0.2, 0) is 11.0 Å². The van der Waals surface area contributed by atoms with E-state index in [1.165, 1.54) is 24.4 Å². The first-order valence-corrected chi connectivity index (χ1v) is 12.7. The lowest BCUT2D eigenvalue weighted by Crippen LogP contribution is -2.22. The fourth-order valence-electron chi connectivity index (χ4n) is 3.13. The molecule has 200 valence electrons. The van der Waals surface area contributed by atoms with E-state index in [4.69, 9.17) is 32.7 Å². The van der Waals surface area contributed by atoms with Crippen molar-refractivity contribution < 1.29 is 32.2 Å². The van der Waals surface area contributed by atoms with Gasteiger partial charge in [0.2, 0.25) is 0 Å². The van der Waals surface area contributed by atoms with Gasteiger partial charge in [-0.2, -0.15) is 18.3 Å². The monoisotopic (exact) mass is 679 g/mol. The molecule has 7 nitrogen and oxygen atoms in total. The molecule has 0 aliphatic heterocycles. The van der Waals surface area contributed by atoms with Crippen molar-refractivity contribution in [2.24, 2.45) is 5.10 Å². The summed E-state index contributed by atoms with van der Waals surface area (Å²) >= 11 is 13.8. The minimum atomic E-state index is -4.69. The first-order valence-electron chi connectivity index (χ1n) is 10.8. The maximum absolute atomic E-state index is 13.2. The zero-order valence-corrected chi connectivity index (χ0v) is 23.2. The minimum Gasteiger partial charge on any atom is -0.490 e. The number of hydrogen-bond donors (Lipinski definition) is 2. The van der Waals surface area contributed by atoms with E-state index in [0.29, 0.717) is 31.3 Å². The van der Waals surface area contributed by atoms with Gasteiger partial charge in [-0.3, -0.25) is 9.59 Å². The summed E-state index contributed by atoms with van der Waals surface area (Å²) in [4.78, 5) is 24.6. The zero-order chi connectivity index (χ0) is 27.9. The second-order valence-corrected chi connectivity index (χ2v) is 9.45. The van der Waals surface area contributed by atoms with Gasteiger partial charge in [0.15, 0.2) is 18.1 Å². The maximum atomic E-state index is 13.2. The molecule has 0 radical (unpaired) electrons. The Bertz CT molecular complexity index is 1370. The molecule has 3 aromatic carbocycles. The number of nitrogens with one attached hydrogen (secondary N) is 2. The number of nitrogens with zero attached hydrogens (tertiary/aromatic N) is 1. The number of ether oxygens (including phenoxy) is 2. The first kappa shape index (κ1) is 29.5. The van der Waals surface area contributed by atoms with E-state index in [-0.39, 0.29) is 18.2 Å². The maximum Gasteiger partial charge on any atom is 0.417 e. The van der Waals surface area contributed by atoms with Crippen LogP contribution in [0.15, 0.2) is 59.7 Å². The smallest absolute Gasteiger partial charge is 0.417 e. The van der Waals surface area contributed by atoms with Crippen molar-refractivity contribution in [2.75, 3.05) is 18.5 Å². The number of hydrazone groups is 1. The summed E-state index contributed by atoms with van der Waals surface area (Å²) in [7, 11) is 0. The summed E-state index contributed by atoms with van der Waals surface area (Å²) in [6.45, 7) is 1.71. The van der Waals surface area contributed by atoms with Gasteiger partial charge in [0, 0.05) is 5.69 Å². The van der Waals surface area contributed by atoms with Crippen LogP contribution >= 0.6 is 45.8 Å². The number of amides is 2. The fourth-order valence-corrected chi connectivity index (χ4v) is 4.21. The highest BCUT2D eigenvalue weighted by Gasteiger charge is 2.34. The number of carbonyl (C=O) groups is 2. The Kier molecular flexibility index (Phi) is 10.2. The topological polar surface area (TPSA) is 89.0 Å². The zero-order valence-electron chi connectivity index (χ0n) is 19.5. The molecule has 0 aromatic heterocycles. The number of rotatable bonds is 9. The third kappa shape index (κ3) is 7.98. The van der Waals surface area contributed by atoms with Gasteiger partial charge in [-0.25, -0.2) is 5.43 Å². The lowest BCUT2D eigenvalue weighted by molar-refractivity contribution is -0.138. The summed E-state index contributed by atoms with van der Waals surface area (Å²) in [6.07, 6.45) is -3.44. The number of hydrogen-bond acceptors (Lipinski definition) is 5. The van der Waals surface area contributed by atoms with Crippen LogP contribution < -0.4 is 20.2 Å². The molecule has 0 atom stereocenters. The standard InChI is InChI=1S/C25H19Cl2F3IN3O4/c1-2-37-21-10-14(12-32-34-24(36)16-5-3-4-6-17(16)25(28,29)30)9-20(31)23(21)38-13-22(35)33-15-7-8-18(26)19(27)11-15/h3-12H,2,13H2,1H3,(H,33,35)(H,34,36)/b32-12+. The molecule has 0 bridgehead atoms. The molecule has 13 heteroatoms. The third-order valence-electron chi connectivity index (χ3n) is 4.74. The largest absolute Gasteiger partial charge is 0.490 e. The van der Waals surface area contributed by atoms with E-state index in [0.717, 1.165) is 12.1 Å². The highest BCUT2D eigenvalue weighted by Crippen LogP contribution is 2.34. The highest BCUT2D eigenvalue weighted by molar-refractivity contribution is 14.1. The number of halogens is 6. The second-order valence-electron chi connectivity index (χ2n) is 7.47. The molecular formula is C25H19Cl2F3IN3O4. The molecule has 0 aliphatic carbocycles. The minimum absolute atomic E-state index is 0.285. The Morgan fingerprint density at radius 3 is 2.47 bits per heavy atom. The normalized spacial score (nSPS) is 11.3. The molecule has 2 N–H and O–H groups in total. The Labute approximate surface area is 239 Å². The van der Waals surface area contributed by atoms with Crippen molar-refractivity contribution in [2.45, 2.75) is 13.1 Å². The van der Waals surface area contributed by atoms with Crippen LogP contribution in [0.25, 0.3) is 0 Å². The third-order valence-corrected chi connectivity index (χ3v) is 6.28. The molecule has 0 fully saturated rings. The van der Waals surface area contributed by atoms with E-state index in [2.05, 4.69) is 15.8 Å². The van der Waals surface area contributed by atoms with Gasteiger partial charge in [0.25, 0.3) is 11.8 Å². The molecule has 3 aromatic rings. The SMILES string of the molecule is CCOc1cc(/C=N/NC(=O)c2ccccc2C(F)(F)F)cc(I)c1OCC(=O)Nc1ccc(Cl)c(Cl)c1. The number of benzene rings is 3. The summed E-state index contributed by atoms with van der Waals surface area (Å²) in [5, 5.41) is 7.06. The van der Waals surface area contributed by atoms with Crippen LogP contribution in [0.5, 0.6) is 11.5 Å². The van der Waals surface area contributed by atoms with Gasteiger partial charge in [-0.1, -0.05) is 35.3 Å². The van der Waals surface area contributed by atoms with Gasteiger partial charge >= 0.3 is 6.18 Å². The summed E-state index contributed by atoms with van der Waals surface area (Å²) in [5.41, 5.74) is 1.40. The molecule has 0 heterocycles. The Morgan fingerprint density at radius 2 is 1.79 bits per heavy atom. The molecule has 2 amide bonds. The molecular weight excluding hydrogens is 661 g/mol. The molecule has 0 spiro atoms.